The molecule has 18 heavy (non-hydrogen) atoms. The van der Waals surface area contributed by atoms with E-state index >= 15 is 0 Å². The zero-order valence-corrected chi connectivity index (χ0v) is 10.4. The monoisotopic (exact) mass is 240 g/mol. The zero-order chi connectivity index (χ0) is 13.0. The van der Waals surface area contributed by atoms with E-state index in [0.717, 1.165) is 24.9 Å². The highest BCUT2D eigenvalue weighted by atomic mass is 15.3. The zero-order valence-electron chi connectivity index (χ0n) is 10.4. The van der Waals surface area contributed by atoms with Crippen molar-refractivity contribution in [1.29, 1.82) is 5.26 Å². The second-order valence-corrected chi connectivity index (χ2v) is 4.16. The van der Waals surface area contributed by atoms with Gasteiger partial charge in [-0.3, -0.25) is 0 Å². The first-order valence-corrected chi connectivity index (χ1v) is 6.09. The van der Waals surface area contributed by atoms with Gasteiger partial charge in [0.1, 0.15) is 23.1 Å². The maximum Gasteiger partial charge on any atom is 0.140 e. The number of nitrogen functional groups attached to an aromatic ring is 1. The molecule has 0 unspecified atom stereocenters. The van der Waals surface area contributed by atoms with E-state index in [9.17, 15) is 5.26 Å². The molecule has 92 valence electrons. The molecule has 0 bridgehead atoms. The maximum atomic E-state index is 9.22. The Kier molecular flexibility index (Phi) is 3.63. The summed E-state index contributed by atoms with van der Waals surface area (Å²) in [5.74, 6) is 0.463. The predicted octanol–water partition coefficient (Wildman–Crippen LogP) is 2.80. The summed E-state index contributed by atoms with van der Waals surface area (Å²) in [5, 5.41) is 13.7. The van der Waals surface area contributed by atoms with E-state index in [1.807, 2.05) is 30.3 Å². The molecule has 4 nitrogen and oxygen atoms in total. The fourth-order valence-electron chi connectivity index (χ4n) is 1.86. The number of nitrogens with zero attached hydrogens (tertiary/aromatic N) is 3. The molecule has 0 fully saturated rings. The molecule has 0 aliphatic rings. The highest BCUT2D eigenvalue weighted by Gasteiger charge is 2.16. The highest BCUT2D eigenvalue weighted by Crippen LogP contribution is 2.26. The van der Waals surface area contributed by atoms with Gasteiger partial charge in [0, 0.05) is 12.1 Å². The second-order valence-electron chi connectivity index (χ2n) is 4.16. The molecule has 1 aromatic carbocycles. The molecule has 4 heteroatoms. The van der Waals surface area contributed by atoms with Crippen molar-refractivity contribution in [2.75, 3.05) is 5.73 Å². The van der Waals surface area contributed by atoms with Crippen LogP contribution in [0, 0.1) is 11.3 Å². The van der Waals surface area contributed by atoms with Crippen molar-refractivity contribution in [3.63, 3.8) is 0 Å². The molecule has 2 rings (SSSR count). The summed E-state index contributed by atoms with van der Waals surface area (Å²) in [5.41, 5.74) is 8.04. The number of aromatic nitrogens is 2. The van der Waals surface area contributed by atoms with E-state index in [-0.39, 0.29) is 0 Å². The molecule has 2 aromatic rings. The Bertz CT molecular complexity index is 563. The van der Waals surface area contributed by atoms with Crippen molar-refractivity contribution in [2.45, 2.75) is 26.3 Å². The fraction of sp³-hybridized carbons (Fsp3) is 0.286. The minimum absolute atomic E-state index is 0.463. The topological polar surface area (TPSA) is 67.6 Å². The van der Waals surface area contributed by atoms with Crippen LogP contribution in [0.3, 0.4) is 0 Å². The van der Waals surface area contributed by atoms with Crippen molar-refractivity contribution >= 4 is 5.82 Å². The third-order valence-electron chi connectivity index (χ3n) is 2.87. The van der Waals surface area contributed by atoms with Gasteiger partial charge in [-0.15, -0.1) is 0 Å². The molecule has 0 amide bonds. The van der Waals surface area contributed by atoms with E-state index in [0.29, 0.717) is 17.1 Å². The molecule has 0 radical (unpaired) electrons. The molecule has 2 N–H and O–H groups in total. The van der Waals surface area contributed by atoms with Gasteiger partial charge in [-0.1, -0.05) is 43.7 Å². The Morgan fingerprint density at radius 2 is 2.06 bits per heavy atom. The van der Waals surface area contributed by atoms with Crippen molar-refractivity contribution in [1.82, 2.24) is 9.78 Å². The SMILES string of the molecule is CCCCn1nc(-c2ccccc2)c(C#N)c1N. The van der Waals surface area contributed by atoms with Crippen LogP contribution >= 0.6 is 0 Å². The predicted molar refractivity (Wildman–Crippen MR) is 71.7 cm³/mol. The van der Waals surface area contributed by atoms with Crippen LogP contribution < -0.4 is 5.73 Å². The lowest BCUT2D eigenvalue weighted by Gasteiger charge is -2.01. The number of rotatable bonds is 4. The number of benzene rings is 1. The van der Waals surface area contributed by atoms with Gasteiger partial charge >= 0.3 is 0 Å². The maximum absolute atomic E-state index is 9.22. The summed E-state index contributed by atoms with van der Waals surface area (Å²) in [7, 11) is 0. The summed E-state index contributed by atoms with van der Waals surface area (Å²) in [4.78, 5) is 0. The van der Waals surface area contributed by atoms with Crippen LogP contribution in [0.5, 0.6) is 0 Å². The molecular formula is C14H16N4. The number of nitrogens with two attached hydrogens (primary N) is 1. The Hall–Kier alpha value is -2.28. The van der Waals surface area contributed by atoms with Gasteiger partial charge in [-0.05, 0) is 6.42 Å². The lowest BCUT2D eigenvalue weighted by Crippen LogP contribution is -2.04. The van der Waals surface area contributed by atoms with Gasteiger partial charge in [-0.25, -0.2) is 4.68 Å². The Morgan fingerprint density at radius 1 is 1.33 bits per heavy atom. The third-order valence-corrected chi connectivity index (χ3v) is 2.87. The smallest absolute Gasteiger partial charge is 0.140 e. The average molecular weight is 240 g/mol. The summed E-state index contributed by atoms with van der Waals surface area (Å²) in [6.45, 7) is 2.87. The number of hydrogen-bond acceptors (Lipinski definition) is 3. The minimum Gasteiger partial charge on any atom is -0.383 e. The Morgan fingerprint density at radius 3 is 2.67 bits per heavy atom. The summed E-state index contributed by atoms with van der Waals surface area (Å²) in [6, 6.07) is 11.8. The van der Waals surface area contributed by atoms with E-state index < -0.39 is 0 Å². The molecule has 0 atom stereocenters. The van der Waals surface area contributed by atoms with Crippen LogP contribution in [-0.4, -0.2) is 9.78 Å². The molecule has 1 heterocycles. The van der Waals surface area contributed by atoms with Crippen LogP contribution in [0.4, 0.5) is 5.82 Å². The van der Waals surface area contributed by atoms with Crippen molar-refractivity contribution in [3.8, 4) is 17.3 Å². The van der Waals surface area contributed by atoms with Crippen LogP contribution in [0.25, 0.3) is 11.3 Å². The Balaban J connectivity index is 2.45. The molecule has 0 aliphatic heterocycles. The number of nitriles is 1. The molecular weight excluding hydrogens is 224 g/mol. The molecule has 1 aromatic heterocycles. The lowest BCUT2D eigenvalue weighted by molar-refractivity contribution is 0.580. The van der Waals surface area contributed by atoms with E-state index in [1.54, 1.807) is 4.68 Å². The standard InChI is InChI=1S/C14H16N4/c1-2-3-9-18-14(16)12(10-15)13(17-18)11-7-5-4-6-8-11/h4-8H,2-3,9,16H2,1H3. The lowest BCUT2D eigenvalue weighted by atomic mass is 10.1. The van der Waals surface area contributed by atoms with Gasteiger partial charge in [0.2, 0.25) is 0 Å². The second kappa shape index (κ2) is 5.37. The van der Waals surface area contributed by atoms with Gasteiger partial charge in [0.25, 0.3) is 0 Å². The summed E-state index contributed by atoms with van der Waals surface area (Å²) >= 11 is 0. The largest absolute Gasteiger partial charge is 0.383 e. The van der Waals surface area contributed by atoms with Crippen molar-refractivity contribution in [3.05, 3.63) is 35.9 Å². The van der Waals surface area contributed by atoms with E-state index in [4.69, 9.17) is 5.73 Å². The number of unbranched alkanes of at least 4 members (excludes halogenated alkanes) is 1. The Labute approximate surface area is 107 Å². The quantitative estimate of drug-likeness (QED) is 0.893. The van der Waals surface area contributed by atoms with Crippen LogP contribution in [0.15, 0.2) is 30.3 Å². The molecule has 0 spiro atoms. The first-order valence-electron chi connectivity index (χ1n) is 6.09. The number of anilines is 1. The fourth-order valence-corrected chi connectivity index (χ4v) is 1.86. The minimum atomic E-state index is 0.463. The van der Waals surface area contributed by atoms with Gasteiger partial charge in [-0.2, -0.15) is 10.4 Å². The van der Waals surface area contributed by atoms with Crippen LogP contribution in [-0.2, 0) is 6.54 Å². The average Bonchev–Trinajstić information content (AvgIpc) is 2.74. The molecule has 0 aliphatic carbocycles. The van der Waals surface area contributed by atoms with Crippen LogP contribution in [0.2, 0.25) is 0 Å². The first kappa shape index (κ1) is 12.2. The van der Waals surface area contributed by atoms with Crippen molar-refractivity contribution in [2.24, 2.45) is 0 Å². The normalized spacial score (nSPS) is 10.2. The van der Waals surface area contributed by atoms with E-state index in [1.165, 1.54) is 0 Å². The van der Waals surface area contributed by atoms with E-state index in [2.05, 4.69) is 18.1 Å². The number of hydrogen-bond donors (Lipinski definition) is 1. The summed E-state index contributed by atoms with van der Waals surface area (Å²) < 4.78 is 1.73. The molecule has 0 saturated heterocycles. The first-order chi connectivity index (χ1) is 8.77. The van der Waals surface area contributed by atoms with Gasteiger partial charge < -0.3 is 5.73 Å². The number of aryl methyl sites for hydroxylation is 1. The third kappa shape index (κ3) is 2.21. The van der Waals surface area contributed by atoms with Crippen molar-refractivity contribution < 1.29 is 0 Å². The highest BCUT2D eigenvalue weighted by molar-refractivity contribution is 5.72. The molecule has 0 saturated carbocycles. The summed E-state index contributed by atoms with van der Waals surface area (Å²) in [6.07, 6.45) is 2.08. The van der Waals surface area contributed by atoms with Gasteiger partial charge in [0.05, 0.1) is 0 Å². The van der Waals surface area contributed by atoms with Gasteiger partial charge in [0.15, 0.2) is 0 Å². The van der Waals surface area contributed by atoms with Crippen LogP contribution in [0.1, 0.15) is 25.3 Å².